The van der Waals surface area contributed by atoms with Gasteiger partial charge in [-0.15, -0.1) is 0 Å². The molecule has 0 atom stereocenters. The minimum absolute atomic E-state index is 0.0203. The molecule has 1 amide bonds. The predicted octanol–water partition coefficient (Wildman–Crippen LogP) is 6.96. The lowest BCUT2D eigenvalue weighted by atomic mass is 9.90. The van der Waals surface area contributed by atoms with E-state index in [1.54, 1.807) is 0 Å². The largest absolute Gasteiger partial charge is 0.417 e. The van der Waals surface area contributed by atoms with Crippen LogP contribution in [0.4, 0.5) is 32.0 Å². The van der Waals surface area contributed by atoms with Crippen molar-refractivity contribution in [3.8, 4) is 22.3 Å². The molecule has 0 bridgehead atoms. The van der Waals surface area contributed by atoms with Crippen LogP contribution in [0.25, 0.3) is 22.3 Å². The highest BCUT2D eigenvalue weighted by Gasteiger charge is 2.35. The Kier molecular flexibility index (Phi) is 7.28. The van der Waals surface area contributed by atoms with Gasteiger partial charge in [0.15, 0.2) is 0 Å². The van der Waals surface area contributed by atoms with Crippen molar-refractivity contribution in [1.29, 1.82) is 0 Å². The van der Waals surface area contributed by atoms with Gasteiger partial charge in [-0.05, 0) is 64.7 Å². The molecule has 0 aliphatic rings. The Morgan fingerprint density at radius 3 is 1.82 bits per heavy atom. The van der Waals surface area contributed by atoms with Crippen molar-refractivity contribution in [3.05, 3.63) is 108 Å². The van der Waals surface area contributed by atoms with Crippen molar-refractivity contribution < 1.29 is 39.6 Å². The first-order chi connectivity index (χ1) is 18.2. The Balaban J connectivity index is 1.91. The van der Waals surface area contributed by atoms with Gasteiger partial charge >= 0.3 is 12.4 Å². The number of sulfonamides is 1. The number of carbonyl (C=O) groups excluding carboxylic acids is 1. The molecule has 0 aliphatic heterocycles. The van der Waals surface area contributed by atoms with Gasteiger partial charge in [0.05, 0.1) is 16.0 Å². The van der Waals surface area contributed by atoms with E-state index in [1.165, 1.54) is 48.5 Å². The van der Waals surface area contributed by atoms with Crippen LogP contribution < -0.4 is 10.5 Å². The summed E-state index contributed by atoms with van der Waals surface area (Å²) >= 11 is 0. The van der Waals surface area contributed by atoms with Crippen molar-refractivity contribution in [2.75, 3.05) is 5.32 Å². The van der Waals surface area contributed by atoms with Crippen LogP contribution in [0.5, 0.6) is 0 Å². The Labute approximate surface area is 219 Å². The second-order valence-electron chi connectivity index (χ2n) is 8.37. The molecule has 4 aromatic rings. The molecule has 12 heteroatoms. The van der Waals surface area contributed by atoms with Gasteiger partial charge in [-0.2, -0.15) is 26.3 Å². The van der Waals surface area contributed by atoms with E-state index in [0.29, 0.717) is 0 Å². The molecule has 0 radical (unpaired) electrons. The number of anilines is 1. The van der Waals surface area contributed by atoms with E-state index in [1.807, 2.05) is 0 Å². The molecule has 0 spiro atoms. The first-order valence-corrected chi connectivity index (χ1v) is 12.6. The fourth-order valence-electron chi connectivity index (χ4n) is 4.03. The van der Waals surface area contributed by atoms with Crippen LogP contribution in [0.2, 0.25) is 0 Å². The summed E-state index contributed by atoms with van der Waals surface area (Å²) < 4.78 is 106. The average molecular weight is 565 g/mol. The second kappa shape index (κ2) is 10.2. The van der Waals surface area contributed by atoms with Gasteiger partial charge in [-0.25, -0.2) is 13.6 Å². The molecule has 0 saturated carbocycles. The number of nitrogens with one attached hydrogen (secondary N) is 1. The third kappa shape index (κ3) is 6.13. The lowest BCUT2D eigenvalue weighted by Gasteiger charge is -2.18. The number of alkyl halides is 6. The third-order valence-electron chi connectivity index (χ3n) is 5.75. The summed E-state index contributed by atoms with van der Waals surface area (Å²) in [6.45, 7) is 0. The van der Waals surface area contributed by atoms with E-state index < -0.39 is 45.0 Å². The highest BCUT2D eigenvalue weighted by molar-refractivity contribution is 7.89. The summed E-state index contributed by atoms with van der Waals surface area (Å²) in [4.78, 5) is 12.9. The first kappa shape index (κ1) is 27.9. The Hall–Kier alpha value is -4.16. The van der Waals surface area contributed by atoms with Gasteiger partial charge in [-0.3, -0.25) is 4.79 Å². The maximum absolute atomic E-state index is 13.9. The molecule has 0 aliphatic carbocycles. The van der Waals surface area contributed by atoms with E-state index in [2.05, 4.69) is 5.32 Å². The minimum Gasteiger partial charge on any atom is -0.322 e. The zero-order valence-electron chi connectivity index (χ0n) is 19.6. The summed E-state index contributed by atoms with van der Waals surface area (Å²) in [6.07, 6.45) is -9.58. The van der Waals surface area contributed by atoms with Crippen molar-refractivity contribution >= 4 is 21.6 Å². The third-order valence-corrected chi connectivity index (χ3v) is 6.66. The molecule has 3 N–H and O–H groups in total. The lowest BCUT2D eigenvalue weighted by molar-refractivity contribution is -0.137. The van der Waals surface area contributed by atoms with Gasteiger partial charge in [0, 0.05) is 11.3 Å². The Morgan fingerprint density at radius 2 is 1.23 bits per heavy atom. The normalized spacial score (nSPS) is 12.3. The minimum atomic E-state index is -4.84. The number of carbonyl (C=O) groups is 1. The van der Waals surface area contributed by atoms with Crippen molar-refractivity contribution in [1.82, 2.24) is 0 Å². The van der Waals surface area contributed by atoms with Gasteiger partial charge in [0.25, 0.3) is 5.91 Å². The van der Waals surface area contributed by atoms with Crippen molar-refractivity contribution in [2.45, 2.75) is 17.2 Å². The van der Waals surface area contributed by atoms with E-state index in [9.17, 15) is 39.6 Å². The molecule has 39 heavy (non-hydrogen) atoms. The van der Waals surface area contributed by atoms with Crippen LogP contribution in [0, 0.1) is 0 Å². The van der Waals surface area contributed by atoms with E-state index in [-0.39, 0.29) is 32.8 Å². The van der Waals surface area contributed by atoms with Gasteiger partial charge in [0.2, 0.25) is 10.0 Å². The highest BCUT2D eigenvalue weighted by Crippen LogP contribution is 2.42. The summed E-state index contributed by atoms with van der Waals surface area (Å²) in [7, 11) is -4.12. The standard InChI is InChI=1S/C27H18F6N2O3S/c28-26(29,30)23-10-3-1-8-19(23)16-12-13-21(22(14-16)20-9-2-4-11-24(20)27(31,32)33)25(36)35-17-6-5-7-18(15-17)39(34,37)38/h1-15H,(H,35,36)(H2,34,37,38). The molecule has 4 aromatic carbocycles. The smallest absolute Gasteiger partial charge is 0.322 e. The monoisotopic (exact) mass is 564 g/mol. The molecule has 0 saturated heterocycles. The van der Waals surface area contributed by atoms with E-state index in [4.69, 9.17) is 5.14 Å². The van der Waals surface area contributed by atoms with Crippen LogP contribution in [-0.2, 0) is 22.4 Å². The molecule has 202 valence electrons. The van der Waals surface area contributed by atoms with Gasteiger partial charge < -0.3 is 5.32 Å². The van der Waals surface area contributed by atoms with Gasteiger partial charge in [0.1, 0.15) is 0 Å². The van der Waals surface area contributed by atoms with Crippen LogP contribution in [-0.4, -0.2) is 14.3 Å². The van der Waals surface area contributed by atoms with Crippen LogP contribution in [0.3, 0.4) is 0 Å². The number of hydrogen-bond acceptors (Lipinski definition) is 3. The topological polar surface area (TPSA) is 89.3 Å². The molecule has 0 fully saturated rings. The predicted molar refractivity (Wildman–Crippen MR) is 133 cm³/mol. The van der Waals surface area contributed by atoms with Crippen molar-refractivity contribution in [3.63, 3.8) is 0 Å². The number of amides is 1. The molecule has 0 heterocycles. The SMILES string of the molecule is NS(=O)(=O)c1cccc(NC(=O)c2ccc(-c3ccccc3C(F)(F)F)cc2-c2ccccc2C(F)(F)F)c1. The summed E-state index contributed by atoms with van der Waals surface area (Å²) in [5.74, 6) is -0.927. The van der Waals surface area contributed by atoms with Crippen LogP contribution in [0.1, 0.15) is 21.5 Å². The van der Waals surface area contributed by atoms with Crippen LogP contribution in [0.15, 0.2) is 95.9 Å². The molecule has 0 unspecified atom stereocenters. The lowest BCUT2D eigenvalue weighted by Crippen LogP contribution is -2.16. The molecule has 0 aromatic heterocycles. The number of rotatable bonds is 5. The number of primary sulfonamides is 1. The first-order valence-electron chi connectivity index (χ1n) is 11.1. The number of halogens is 6. The maximum atomic E-state index is 13.9. The quantitative estimate of drug-likeness (QED) is 0.257. The number of nitrogens with two attached hydrogens (primary N) is 1. The molecular weight excluding hydrogens is 546 g/mol. The Bertz CT molecular complexity index is 1660. The molecular formula is C27H18F6N2O3S. The second-order valence-corrected chi connectivity index (χ2v) is 9.94. The van der Waals surface area contributed by atoms with Crippen LogP contribution >= 0.6 is 0 Å². The molecule has 5 nitrogen and oxygen atoms in total. The van der Waals surface area contributed by atoms with E-state index >= 15 is 0 Å². The van der Waals surface area contributed by atoms with E-state index in [0.717, 1.165) is 42.5 Å². The van der Waals surface area contributed by atoms with Gasteiger partial charge in [-0.1, -0.05) is 48.5 Å². The fraction of sp³-hybridized carbons (Fsp3) is 0.0741. The maximum Gasteiger partial charge on any atom is 0.417 e. The number of hydrogen-bond donors (Lipinski definition) is 2. The fourth-order valence-corrected chi connectivity index (χ4v) is 4.59. The highest BCUT2D eigenvalue weighted by atomic mass is 32.2. The van der Waals surface area contributed by atoms with Crippen molar-refractivity contribution in [2.24, 2.45) is 5.14 Å². The average Bonchev–Trinajstić information content (AvgIpc) is 2.87. The number of benzene rings is 4. The zero-order valence-corrected chi connectivity index (χ0v) is 20.5. The summed E-state index contributed by atoms with van der Waals surface area (Å²) in [5, 5.41) is 7.53. The Morgan fingerprint density at radius 1 is 0.667 bits per heavy atom. The molecule has 4 rings (SSSR count). The summed E-state index contributed by atoms with van der Waals surface area (Å²) in [5.41, 5.74) is -3.48. The summed E-state index contributed by atoms with van der Waals surface area (Å²) in [6, 6.07) is 17.2. The zero-order chi connectivity index (χ0) is 28.6.